The molecule has 4 heteroatoms. The molecule has 0 saturated heterocycles. The molecule has 106 valence electrons. The number of aryl methyl sites for hydroxylation is 1. The topological polar surface area (TPSA) is 49.8 Å². The van der Waals surface area contributed by atoms with E-state index in [9.17, 15) is 0 Å². The van der Waals surface area contributed by atoms with E-state index in [0.717, 1.165) is 43.4 Å². The first-order valence-corrected chi connectivity index (χ1v) is 7.57. The molecule has 2 N–H and O–H groups in total. The van der Waals surface area contributed by atoms with Gasteiger partial charge in [0.05, 0.1) is 0 Å². The summed E-state index contributed by atoms with van der Waals surface area (Å²) >= 11 is 0. The predicted octanol–water partition coefficient (Wildman–Crippen LogP) is 3.46. The fourth-order valence-corrected chi connectivity index (χ4v) is 2.20. The molecule has 0 amide bonds. The van der Waals surface area contributed by atoms with Gasteiger partial charge >= 0.3 is 0 Å². The van der Waals surface area contributed by atoms with Crippen molar-refractivity contribution >= 4 is 11.6 Å². The van der Waals surface area contributed by atoms with Crippen molar-refractivity contribution in [2.45, 2.75) is 52.9 Å². The van der Waals surface area contributed by atoms with Crippen molar-refractivity contribution in [2.75, 3.05) is 23.7 Å². The maximum Gasteiger partial charge on any atom is 0.132 e. The summed E-state index contributed by atoms with van der Waals surface area (Å²) in [5.74, 6) is 2.81. The Morgan fingerprint density at radius 3 is 2.32 bits per heavy atom. The summed E-state index contributed by atoms with van der Waals surface area (Å²) in [6.07, 6.45) is 5.93. The second-order valence-electron chi connectivity index (χ2n) is 5.54. The zero-order chi connectivity index (χ0) is 13.7. The largest absolute Gasteiger partial charge is 0.370 e. The summed E-state index contributed by atoms with van der Waals surface area (Å²) in [5, 5.41) is 6.84. The molecule has 4 nitrogen and oxygen atoms in total. The second-order valence-corrected chi connectivity index (χ2v) is 5.54. The highest BCUT2D eigenvalue weighted by atomic mass is 15.1. The van der Waals surface area contributed by atoms with E-state index in [1.165, 1.54) is 19.3 Å². The summed E-state index contributed by atoms with van der Waals surface area (Å²) in [4.78, 5) is 9.07. The predicted molar refractivity (Wildman–Crippen MR) is 80.6 cm³/mol. The molecule has 1 fully saturated rings. The van der Waals surface area contributed by atoms with E-state index in [1.54, 1.807) is 0 Å². The summed E-state index contributed by atoms with van der Waals surface area (Å²) in [7, 11) is 0. The van der Waals surface area contributed by atoms with Crippen LogP contribution >= 0.6 is 0 Å². The lowest BCUT2D eigenvalue weighted by Crippen LogP contribution is -2.16. The van der Waals surface area contributed by atoms with Gasteiger partial charge in [-0.05, 0) is 31.1 Å². The minimum Gasteiger partial charge on any atom is -0.370 e. The van der Waals surface area contributed by atoms with Crippen LogP contribution in [0.15, 0.2) is 6.07 Å². The molecular weight excluding hydrogens is 236 g/mol. The SMILES string of the molecule is CCCNc1cc(NCC2(CC)CC2)nc(CC)n1. The molecule has 1 aliphatic rings. The number of nitrogens with zero attached hydrogens (tertiary/aromatic N) is 2. The van der Waals surface area contributed by atoms with E-state index in [0.29, 0.717) is 5.41 Å². The molecule has 1 aromatic heterocycles. The van der Waals surface area contributed by atoms with Gasteiger partial charge in [-0.15, -0.1) is 0 Å². The molecular formula is C15H26N4. The van der Waals surface area contributed by atoms with Gasteiger partial charge in [0.15, 0.2) is 0 Å². The summed E-state index contributed by atoms with van der Waals surface area (Å²) in [5.41, 5.74) is 0.536. The third-order valence-corrected chi connectivity index (χ3v) is 4.00. The highest BCUT2D eigenvalue weighted by Crippen LogP contribution is 2.48. The third-order valence-electron chi connectivity index (χ3n) is 4.00. The number of nitrogens with one attached hydrogen (secondary N) is 2. The van der Waals surface area contributed by atoms with Crippen molar-refractivity contribution in [1.29, 1.82) is 0 Å². The van der Waals surface area contributed by atoms with Crippen LogP contribution in [0.4, 0.5) is 11.6 Å². The third kappa shape index (κ3) is 3.82. The van der Waals surface area contributed by atoms with Crippen molar-refractivity contribution < 1.29 is 0 Å². The molecule has 19 heavy (non-hydrogen) atoms. The fourth-order valence-electron chi connectivity index (χ4n) is 2.20. The Morgan fingerprint density at radius 2 is 1.79 bits per heavy atom. The van der Waals surface area contributed by atoms with Crippen molar-refractivity contribution in [3.63, 3.8) is 0 Å². The zero-order valence-electron chi connectivity index (χ0n) is 12.4. The van der Waals surface area contributed by atoms with Gasteiger partial charge in [-0.1, -0.05) is 20.8 Å². The first-order chi connectivity index (χ1) is 9.21. The Balaban J connectivity index is 2.01. The molecule has 0 bridgehead atoms. The van der Waals surface area contributed by atoms with Gasteiger partial charge in [0, 0.05) is 25.6 Å². The molecule has 1 aliphatic carbocycles. The monoisotopic (exact) mass is 262 g/mol. The van der Waals surface area contributed by atoms with E-state index in [4.69, 9.17) is 0 Å². The molecule has 1 heterocycles. The van der Waals surface area contributed by atoms with Crippen LogP contribution < -0.4 is 10.6 Å². The van der Waals surface area contributed by atoms with E-state index in [-0.39, 0.29) is 0 Å². The molecule has 1 saturated carbocycles. The van der Waals surface area contributed by atoms with E-state index in [2.05, 4.69) is 41.4 Å². The zero-order valence-corrected chi connectivity index (χ0v) is 12.4. The Labute approximate surface area is 116 Å². The molecule has 0 spiro atoms. The minimum absolute atomic E-state index is 0.536. The highest BCUT2D eigenvalue weighted by molar-refractivity contribution is 5.47. The minimum atomic E-state index is 0.536. The molecule has 1 aromatic rings. The van der Waals surface area contributed by atoms with Crippen LogP contribution in [0.25, 0.3) is 0 Å². The molecule has 0 unspecified atom stereocenters. The van der Waals surface area contributed by atoms with Crippen molar-refractivity contribution in [2.24, 2.45) is 5.41 Å². The summed E-state index contributed by atoms with van der Waals surface area (Å²) in [6, 6.07) is 2.03. The van der Waals surface area contributed by atoms with E-state index < -0.39 is 0 Å². The van der Waals surface area contributed by atoms with Gasteiger partial charge in [-0.2, -0.15) is 0 Å². The van der Waals surface area contributed by atoms with E-state index in [1.807, 2.05) is 6.07 Å². The number of aromatic nitrogens is 2. The van der Waals surface area contributed by atoms with Gasteiger partial charge in [0.1, 0.15) is 17.5 Å². The van der Waals surface area contributed by atoms with Gasteiger partial charge in [-0.25, -0.2) is 9.97 Å². The smallest absolute Gasteiger partial charge is 0.132 e. The van der Waals surface area contributed by atoms with Crippen LogP contribution in [0, 0.1) is 5.41 Å². The van der Waals surface area contributed by atoms with Gasteiger partial charge in [0.2, 0.25) is 0 Å². The Hall–Kier alpha value is -1.32. The van der Waals surface area contributed by atoms with Gasteiger partial charge in [-0.3, -0.25) is 0 Å². The fraction of sp³-hybridized carbons (Fsp3) is 0.733. The standard InChI is InChI=1S/C15H26N4/c1-4-9-16-13-10-14(19-12(5-2)18-13)17-11-15(6-3)7-8-15/h10H,4-9,11H2,1-3H3,(H2,16,17,18,19). The number of hydrogen-bond acceptors (Lipinski definition) is 4. The number of hydrogen-bond donors (Lipinski definition) is 2. The Bertz CT molecular complexity index is 413. The van der Waals surface area contributed by atoms with Crippen LogP contribution in [0.1, 0.15) is 52.3 Å². The van der Waals surface area contributed by atoms with Crippen molar-refractivity contribution in [3.8, 4) is 0 Å². The van der Waals surface area contributed by atoms with E-state index >= 15 is 0 Å². The first-order valence-electron chi connectivity index (χ1n) is 7.57. The average Bonchev–Trinajstić information content (AvgIpc) is 3.23. The normalized spacial score (nSPS) is 16.2. The van der Waals surface area contributed by atoms with Crippen molar-refractivity contribution in [1.82, 2.24) is 9.97 Å². The molecule has 2 rings (SSSR count). The second kappa shape index (κ2) is 6.22. The lowest BCUT2D eigenvalue weighted by molar-refractivity contribution is 0.520. The lowest BCUT2D eigenvalue weighted by Gasteiger charge is -2.15. The van der Waals surface area contributed by atoms with Crippen LogP contribution in [-0.4, -0.2) is 23.1 Å². The quantitative estimate of drug-likeness (QED) is 0.753. The summed E-state index contributed by atoms with van der Waals surface area (Å²) in [6.45, 7) is 8.53. The Kier molecular flexibility index (Phi) is 4.61. The highest BCUT2D eigenvalue weighted by Gasteiger charge is 2.40. The maximum absolute atomic E-state index is 4.56. The first kappa shape index (κ1) is 14.1. The Morgan fingerprint density at radius 1 is 1.11 bits per heavy atom. The van der Waals surface area contributed by atoms with Gasteiger partial charge < -0.3 is 10.6 Å². The molecule has 0 aromatic carbocycles. The van der Waals surface area contributed by atoms with Crippen LogP contribution in [0.2, 0.25) is 0 Å². The lowest BCUT2D eigenvalue weighted by atomic mass is 10.0. The molecule has 0 aliphatic heterocycles. The molecule has 0 atom stereocenters. The summed E-state index contributed by atoms with van der Waals surface area (Å²) < 4.78 is 0. The van der Waals surface area contributed by atoms with Crippen LogP contribution in [0.5, 0.6) is 0 Å². The van der Waals surface area contributed by atoms with Gasteiger partial charge in [0.25, 0.3) is 0 Å². The number of rotatable bonds is 8. The average molecular weight is 262 g/mol. The number of anilines is 2. The van der Waals surface area contributed by atoms with Crippen LogP contribution in [-0.2, 0) is 6.42 Å². The van der Waals surface area contributed by atoms with Crippen molar-refractivity contribution in [3.05, 3.63) is 11.9 Å². The maximum atomic E-state index is 4.56. The van der Waals surface area contributed by atoms with Crippen LogP contribution in [0.3, 0.4) is 0 Å². The molecule has 0 radical (unpaired) electrons.